The Hall–Kier alpha value is -1.88. The van der Waals surface area contributed by atoms with Crippen LogP contribution in [0.3, 0.4) is 0 Å². The van der Waals surface area contributed by atoms with Gasteiger partial charge in [-0.3, -0.25) is 9.78 Å². The standard InChI is InChI=1S/C11H10ClN3O2/c1-15-10(12)8(6-9(16)17)14-11(15)7-2-4-13-5-3-7/h2-5H,6H2,1H3,(H,16,17). The molecule has 6 heteroatoms. The minimum absolute atomic E-state index is 0.183. The summed E-state index contributed by atoms with van der Waals surface area (Å²) in [6, 6.07) is 3.59. The Morgan fingerprint density at radius 1 is 1.47 bits per heavy atom. The molecule has 2 rings (SSSR count). The van der Waals surface area contributed by atoms with Gasteiger partial charge in [0, 0.05) is 25.0 Å². The molecular formula is C11H10ClN3O2. The number of halogens is 1. The molecule has 2 heterocycles. The van der Waals surface area contributed by atoms with Crippen LogP contribution in [0.15, 0.2) is 24.5 Å². The van der Waals surface area contributed by atoms with Gasteiger partial charge in [-0.25, -0.2) is 4.98 Å². The molecule has 0 saturated heterocycles. The summed E-state index contributed by atoms with van der Waals surface area (Å²) in [5, 5.41) is 9.09. The van der Waals surface area contributed by atoms with Gasteiger partial charge in [0.1, 0.15) is 11.0 Å². The third-order valence-corrected chi connectivity index (χ3v) is 2.82. The number of aliphatic carboxylic acids is 1. The van der Waals surface area contributed by atoms with Gasteiger partial charge in [0.25, 0.3) is 0 Å². The van der Waals surface area contributed by atoms with E-state index in [0.717, 1.165) is 5.56 Å². The summed E-state index contributed by atoms with van der Waals surface area (Å²) in [6.07, 6.45) is 3.11. The average molecular weight is 252 g/mol. The Balaban J connectivity index is 2.46. The molecule has 0 unspecified atom stereocenters. The van der Waals surface area contributed by atoms with Crippen molar-refractivity contribution in [3.05, 3.63) is 35.4 Å². The lowest BCUT2D eigenvalue weighted by Gasteiger charge is -2.00. The maximum absolute atomic E-state index is 10.7. The number of hydrogen-bond donors (Lipinski definition) is 1. The number of imidazole rings is 1. The van der Waals surface area contributed by atoms with Crippen molar-refractivity contribution >= 4 is 17.6 Å². The summed E-state index contributed by atoms with van der Waals surface area (Å²) in [6.45, 7) is 0. The molecule has 0 aromatic carbocycles. The average Bonchev–Trinajstić information content (AvgIpc) is 2.58. The fourth-order valence-corrected chi connectivity index (χ4v) is 1.74. The van der Waals surface area contributed by atoms with E-state index in [1.807, 2.05) is 0 Å². The van der Waals surface area contributed by atoms with Crippen molar-refractivity contribution in [2.24, 2.45) is 7.05 Å². The third kappa shape index (κ3) is 2.29. The molecule has 17 heavy (non-hydrogen) atoms. The first-order valence-corrected chi connectivity index (χ1v) is 5.30. The zero-order chi connectivity index (χ0) is 12.4. The molecule has 0 aliphatic carbocycles. The van der Waals surface area contributed by atoms with Crippen LogP contribution in [0, 0.1) is 0 Å². The van der Waals surface area contributed by atoms with Crippen molar-refractivity contribution < 1.29 is 9.90 Å². The number of aromatic nitrogens is 3. The molecule has 0 saturated carbocycles. The largest absolute Gasteiger partial charge is 0.481 e. The highest BCUT2D eigenvalue weighted by atomic mass is 35.5. The molecule has 0 radical (unpaired) electrons. The van der Waals surface area contributed by atoms with E-state index in [1.165, 1.54) is 0 Å². The molecule has 1 N–H and O–H groups in total. The van der Waals surface area contributed by atoms with Gasteiger partial charge in [0.2, 0.25) is 0 Å². The van der Waals surface area contributed by atoms with Crippen molar-refractivity contribution in [1.29, 1.82) is 0 Å². The van der Waals surface area contributed by atoms with Crippen molar-refractivity contribution in [3.63, 3.8) is 0 Å². The summed E-state index contributed by atoms with van der Waals surface area (Å²) in [5.41, 5.74) is 1.22. The number of carboxylic acid groups (broad SMARTS) is 1. The molecule has 0 aliphatic heterocycles. The number of pyridine rings is 1. The minimum atomic E-state index is -0.953. The van der Waals surface area contributed by atoms with E-state index in [2.05, 4.69) is 9.97 Å². The fourth-order valence-electron chi connectivity index (χ4n) is 1.55. The molecule has 0 atom stereocenters. The summed E-state index contributed by atoms with van der Waals surface area (Å²) in [5.74, 6) is -0.320. The van der Waals surface area contributed by atoms with Crippen molar-refractivity contribution in [2.75, 3.05) is 0 Å². The van der Waals surface area contributed by atoms with Crippen LogP contribution < -0.4 is 0 Å². The number of nitrogens with zero attached hydrogens (tertiary/aromatic N) is 3. The highest BCUT2D eigenvalue weighted by Gasteiger charge is 2.16. The second kappa shape index (κ2) is 4.55. The number of carbonyl (C=O) groups is 1. The lowest BCUT2D eigenvalue weighted by atomic mass is 10.2. The minimum Gasteiger partial charge on any atom is -0.481 e. The first-order chi connectivity index (χ1) is 8.09. The van der Waals surface area contributed by atoms with E-state index in [4.69, 9.17) is 16.7 Å². The topological polar surface area (TPSA) is 68.0 Å². The second-order valence-electron chi connectivity index (χ2n) is 3.54. The lowest BCUT2D eigenvalue weighted by Crippen LogP contribution is -2.01. The molecule has 0 fully saturated rings. The first kappa shape index (κ1) is 11.6. The normalized spacial score (nSPS) is 10.5. The Kier molecular flexibility index (Phi) is 3.10. The monoisotopic (exact) mass is 251 g/mol. The van der Waals surface area contributed by atoms with E-state index in [-0.39, 0.29) is 6.42 Å². The highest BCUT2D eigenvalue weighted by Crippen LogP contribution is 2.24. The smallest absolute Gasteiger partial charge is 0.309 e. The second-order valence-corrected chi connectivity index (χ2v) is 3.90. The van der Waals surface area contributed by atoms with Crippen molar-refractivity contribution in [3.8, 4) is 11.4 Å². The maximum atomic E-state index is 10.7. The predicted octanol–water partition coefficient (Wildman–Crippen LogP) is 1.76. The van der Waals surface area contributed by atoms with Gasteiger partial charge in [-0.1, -0.05) is 11.6 Å². The third-order valence-electron chi connectivity index (χ3n) is 2.35. The van der Waals surface area contributed by atoms with Crippen molar-refractivity contribution in [2.45, 2.75) is 6.42 Å². The van der Waals surface area contributed by atoms with E-state index in [1.54, 1.807) is 36.1 Å². The summed E-state index contributed by atoms with van der Waals surface area (Å²) < 4.78 is 1.66. The van der Waals surface area contributed by atoms with Gasteiger partial charge in [0.15, 0.2) is 0 Å². The van der Waals surface area contributed by atoms with Crippen LogP contribution >= 0.6 is 11.6 Å². The fraction of sp³-hybridized carbons (Fsp3) is 0.182. The zero-order valence-corrected chi connectivity index (χ0v) is 9.85. The Bertz CT molecular complexity index is 551. The molecule has 5 nitrogen and oxygen atoms in total. The Morgan fingerprint density at radius 2 is 2.12 bits per heavy atom. The van der Waals surface area contributed by atoms with Crippen LogP contribution in [-0.4, -0.2) is 25.6 Å². The van der Waals surface area contributed by atoms with E-state index in [9.17, 15) is 4.79 Å². The zero-order valence-electron chi connectivity index (χ0n) is 9.09. The van der Waals surface area contributed by atoms with E-state index in [0.29, 0.717) is 16.7 Å². The van der Waals surface area contributed by atoms with E-state index >= 15 is 0 Å². The number of carboxylic acids is 1. The molecule has 0 aliphatic rings. The molecule has 0 amide bonds. The molecule has 2 aromatic rings. The van der Waals surface area contributed by atoms with Gasteiger partial charge in [-0.2, -0.15) is 0 Å². The van der Waals surface area contributed by atoms with Crippen LogP contribution in [0.2, 0.25) is 5.15 Å². The molecule has 0 bridgehead atoms. The van der Waals surface area contributed by atoms with Crippen LogP contribution in [0.25, 0.3) is 11.4 Å². The van der Waals surface area contributed by atoms with Crippen LogP contribution in [-0.2, 0) is 18.3 Å². The van der Waals surface area contributed by atoms with Crippen molar-refractivity contribution in [1.82, 2.24) is 14.5 Å². The van der Waals surface area contributed by atoms with Gasteiger partial charge in [-0.15, -0.1) is 0 Å². The van der Waals surface area contributed by atoms with Gasteiger partial charge in [0.05, 0.1) is 12.1 Å². The van der Waals surface area contributed by atoms with Crippen LogP contribution in [0.1, 0.15) is 5.69 Å². The van der Waals surface area contributed by atoms with Gasteiger partial charge >= 0.3 is 5.97 Å². The summed E-state index contributed by atoms with van der Waals surface area (Å²) >= 11 is 6.03. The lowest BCUT2D eigenvalue weighted by molar-refractivity contribution is -0.136. The summed E-state index contributed by atoms with van der Waals surface area (Å²) in [4.78, 5) is 18.8. The quantitative estimate of drug-likeness (QED) is 0.903. The van der Waals surface area contributed by atoms with Gasteiger partial charge in [-0.05, 0) is 12.1 Å². The maximum Gasteiger partial charge on any atom is 0.309 e. The number of rotatable bonds is 3. The van der Waals surface area contributed by atoms with E-state index < -0.39 is 5.97 Å². The Labute approximate surface area is 103 Å². The molecule has 2 aromatic heterocycles. The first-order valence-electron chi connectivity index (χ1n) is 4.93. The van der Waals surface area contributed by atoms with Crippen LogP contribution in [0.5, 0.6) is 0 Å². The predicted molar refractivity (Wildman–Crippen MR) is 62.8 cm³/mol. The molecule has 0 spiro atoms. The number of hydrogen-bond acceptors (Lipinski definition) is 3. The SMILES string of the molecule is Cn1c(-c2ccncc2)nc(CC(=O)O)c1Cl. The van der Waals surface area contributed by atoms with Crippen LogP contribution in [0.4, 0.5) is 0 Å². The molecular weight excluding hydrogens is 242 g/mol. The highest BCUT2D eigenvalue weighted by molar-refractivity contribution is 6.30. The molecule has 88 valence electrons. The van der Waals surface area contributed by atoms with Gasteiger partial charge < -0.3 is 9.67 Å². The summed E-state index contributed by atoms with van der Waals surface area (Å²) in [7, 11) is 1.75. The Morgan fingerprint density at radius 3 is 2.71 bits per heavy atom.